The minimum absolute atomic E-state index is 0.184. The fraction of sp³-hybridized carbons (Fsp3) is 0.400. The van der Waals surface area contributed by atoms with Gasteiger partial charge < -0.3 is 14.5 Å². The molecule has 118 valence electrons. The van der Waals surface area contributed by atoms with E-state index in [9.17, 15) is 4.79 Å². The van der Waals surface area contributed by atoms with Crippen LogP contribution in [0.2, 0.25) is 5.02 Å². The van der Waals surface area contributed by atoms with Crippen LogP contribution in [0, 0.1) is 0 Å². The Hall–Kier alpha value is -2.08. The maximum Gasteiger partial charge on any atom is 0.339 e. The van der Waals surface area contributed by atoms with Crippen LogP contribution >= 0.6 is 11.6 Å². The summed E-state index contributed by atoms with van der Waals surface area (Å²) in [5.74, 6) is 0.602. The summed E-state index contributed by atoms with van der Waals surface area (Å²) in [6.45, 7) is 6.38. The minimum Gasteiger partial charge on any atom is -0.465 e. The van der Waals surface area contributed by atoms with Gasteiger partial charge in [-0.05, 0) is 18.2 Å². The normalized spacial score (nSPS) is 11.3. The van der Waals surface area contributed by atoms with E-state index in [1.165, 1.54) is 7.11 Å². The Kier molecular flexibility index (Phi) is 4.71. The highest BCUT2D eigenvalue weighted by atomic mass is 35.5. The molecule has 22 heavy (non-hydrogen) atoms. The summed E-state index contributed by atoms with van der Waals surface area (Å²) in [4.78, 5) is 11.5. The number of aromatic nitrogens is 2. The molecule has 0 amide bonds. The van der Waals surface area contributed by atoms with Crippen molar-refractivity contribution in [3.8, 4) is 0 Å². The van der Waals surface area contributed by atoms with Crippen molar-refractivity contribution in [1.82, 2.24) is 10.2 Å². The molecule has 0 spiro atoms. The molecular weight excluding hydrogens is 306 g/mol. The lowest BCUT2D eigenvalue weighted by atomic mass is 9.97. The molecule has 0 aliphatic heterocycles. The number of halogens is 1. The molecular formula is C15H18ClN3O3. The van der Waals surface area contributed by atoms with Gasteiger partial charge in [-0.1, -0.05) is 32.4 Å². The van der Waals surface area contributed by atoms with Gasteiger partial charge in [0.1, 0.15) is 0 Å². The van der Waals surface area contributed by atoms with Gasteiger partial charge in [-0.15, -0.1) is 10.2 Å². The Morgan fingerprint density at radius 1 is 1.36 bits per heavy atom. The number of carbonyl (C=O) groups excluding carboxylic acids is 1. The molecule has 0 unspecified atom stereocenters. The Morgan fingerprint density at radius 2 is 2.09 bits per heavy atom. The van der Waals surface area contributed by atoms with Crippen LogP contribution in [0.25, 0.3) is 0 Å². The minimum atomic E-state index is -0.469. The van der Waals surface area contributed by atoms with E-state index >= 15 is 0 Å². The second-order valence-corrected chi connectivity index (χ2v) is 6.20. The molecule has 0 bridgehead atoms. The van der Waals surface area contributed by atoms with Crippen molar-refractivity contribution in [2.24, 2.45) is 0 Å². The van der Waals surface area contributed by atoms with Crippen molar-refractivity contribution in [2.45, 2.75) is 32.7 Å². The topological polar surface area (TPSA) is 77.2 Å². The highest BCUT2D eigenvalue weighted by Crippen LogP contribution is 2.23. The van der Waals surface area contributed by atoms with Crippen LogP contribution in [0.15, 0.2) is 22.6 Å². The third-order valence-electron chi connectivity index (χ3n) is 2.93. The zero-order valence-electron chi connectivity index (χ0n) is 12.9. The van der Waals surface area contributed by atoms with Crippen LogP contribution in [-0.2, 0) is 16.7 Å². The number of benzene rings is 1. The molecule has 0 saturated carbocycles. The average Bonchev–Trinajstić information content (AvgIpc) is 2.93. The molecule has 2 aromatic rings. The zero-order chi connectivity index (χ0) is 16.3. The number of hydrogen-bond donors (Lipinski definition) is 1. The first-order valence-corrected chi connectivity index (χ1v) is 7.13. The molecule has 0 fully saturated rings. The lowest BCUT2D eigenvalue weighted by Crippen LogP contribution is -2.11. The van der Waals surface area contributed by atoms with Gasteiger partial charge in [0.15, 0.2) is 0 Å². The monoisotopic (exact) mass is 323 g/mol. The van der Waals surface area contributed by atoms with Crippen molar-refractivity contribution < 1.29 is 13.9 Å². The van der Waals surface area contributed by atoms with Crippen LogP contribution in [0.4, 0.5) is 5.69 Å². The number of methoxy groups -OCH3 is 1. The summed E-state index contributed by atoms with van der Waals surface area (Å²) in [5.41, 5.74) is 0.882. The number of nitrogens with zero attached hydrogens (tertiary/aromatic N) is 2. The number of carbonyl (C=O) groups is 1. The summed E-state index contributed by atoms with van der Waals surface area (Å²) >= 11 is 6.06. The Balaban J connectivity index is 2.04. The third kappa shape index (κ3) is 3.76. The first-order chi connectivity index (χ1) is 10.3. The number of anilines is 1. The molecule has 1 heterocycles. The summed E-state index contributed by atoms with van der Waals surface area (Å²) in [6, 6.07) is 4.99. The molecule has 1 aromatic carbocycles. The summed E-state index contributed by atoms with van der Waals surface area (Å²) < 4.78 is 10.2. The largest absolute Gasteiger partial charge is 0.465 e. The Labute approximate surface area is 133 Å². The first kappa shape index (κ1) is 16.3. The van der Waals surface area contributed by atoms with Gasteiger partial charge >= 0.3 is 5.97 Å². The van der Waals surface area contributed by atoms with E-state index in [2.05, 4.69) is 20.3 Å². The standard InChI is InChI=1S/C15H18ClN3O3/c1-15(2,3)14-19-18-12(22-14)8-17-9-5-6-10(11(16)7-9)13(20)21-4/h5-7,17H,8H2,1-4H3. The smallest absolute Gasteiger partial charge is 0.339 e. The van der Waals surface area contributed by atoms with Crippen LogP contribution in [0.3, 0.4) is 0 Å². The number of hydrogen-bond acceptors (Lipinski definition) is 6. The molecule has 7 heteroatoms. The molecule has 0 saturated heterocycles. The van der Waals surface area contributed by atoms with E-state index < -0.39 is 5.97 Å². The Bertz CT molecular complexity index is 677. The van der Waals surface area contributed by atoms with E-state index in [0.717, 1.165) is 5.69 Å². The predicted molar refractivity (Wildman–Crippen MR) is 83.1 cm³/mol. The average molecular weight is 324 g/mol. The SMILES string of the molecule is COC(=O)c1ccc(NCc2nnc(C(C)(C)C)o2)cc1Cl. The van der Waals surface area contributed by atoms with Crippen molar-refractivity contribution in [1.29, 1.82) is 0 Å². The molecule has 0 atom stereocenters. The van der Waals surface area contributed by atoms with Gasteiger partial charge in [-0.2, -0.15) is 0 Å². The van der Waals surface area contributed by atoms with Crippen LogP contribution in [-0.4, -0.2) is 23.3 Å². The molecule has 6 nitrogen and oxygen atoms in total. The van der Waals surface area contributed by atoms with Gasteiger partial charge in [-0.25, -0.2) is 4.79 Å². The highest BCUT2D eigenvalue weighted by Gasteiger charge is 2.21. The summed E-state index contributed by atoms with van der Waals surface area (Å²) in [5, 5.41) is 11.4. The van der Waals surface area contributed by atoms with Crippen molar-refractivity contribution in [3.05, 3.63) is 40.6 Å². The van der Waals surface area contributed by atoms with Crippen LogP contribution in [0.1, 0.15) is 42.9 Å². The molecule has 1 N–H and O–H groups in total. The van der Waals surface area contributed by atoms with Gasteiger partial charge in [0.2, 0.25) is 11.8 Å². The van der Waals surface area contributed by atoms with E-state index in [4.69, 9.17) is 16.0 Å². The number of rotatable bonds is 4. The Morgan fingerprint density at radius 3 is 2.64 bits per heavy atom. The fourth-order valence-electron chi connectivity index (χ4n) is 1.71. The van der Waals surface area contributed by atoms with E-state index in [1.54, 1.807) is 18.2 Å². The highest BCUT2D eigenvalue weighted by molar-refractivity contribution is 6.33. The molecule has 0 aliphatic carbocycles. The van der Waals surface area contributed by atoms with E-state index in [1.807, 2.05) is 20.8 Å². The quantitative estimate of drug-likeness (QED) is 0.869. The second kappa shape index (κ2) is 6.36. The lowest BCUT2D eigenvalue weighted by molar-refractivity contribution is 0.0601. The molecule has 1 aromatic heterocycles. The molecule has 0 aliphatic rings. The van der Waals surface area contributed by atoms with E-state index in [-0.39, 0.29) is 5.41 Å². The second-order valence-electron chi connectivity index (χ2n) is 5.79. The molecule has 0 radical (unpaired) electrons. The van der Waals surface area contributed by atoms with Gasteiger partial charge in [0.25, 0.3) is 0 Å². The number of esters is 1. The van der Waals surface area contributed by atoms with Crippen LogP contribution in [0.5, 0.6) is 0 Å². The summed E-state index contributed by atoms with van der Waals surface area (Å²) in [7, 11) is 1.31. The maximum absolute atomic E-state index is 11.5. The third-order valence-corrected chi connectivity index (χ3v) is 3.24. The zero-order valence-corrected chi connectivity index (χ0v) is 13.7. The molecule has 2 rings (SSSR count). The van der Waals surface area contributed by atoms with Gasteiger partial charge in [0, 0.05) is 11.1 Å². The first-order valence-electron chi connectivity index (χ1n) is 6.76. The fourth-order valence-corrected chi connectivity index (χ4v) is 1.96. The maximum atomic E-state index is 11.5. The van der Waals surface area contributed by atoms with Crippen molar-refractivity contribution in [2.75, 3.05) is 12.4 Å². The summed E-state index contributed by atoms with van der Waals surface area (Å²) in [6.07, 6.45) is 0. The number of ether oxygens (including phenoxy) is 1. The predicted octanol–water partition coefficient (Wildman–Crippen LogP) is 3.42. The lowest BCUT2D eigenvalue weighted by Gasteiger charge is -2.11. The number of nitrogens with one attached hydrogen (secondary N) is 1. The van der Waals surface area contributed by atoms with E-state index in [0.29, 0.717) is 28.9 Å². The van der Waals surface area contributed by atoms with Crippen molar-refractivity contribution >= 4 is 23.3 Å². The van der Waals surface area contributed by atoms with Crippen molar-refractivity contribution in [3.63, 3.8) is 0 Å². The van der Waals surface area contributed by atoms with Gasteiger partial charge in [0.05, 0.1) is 24.2 Å². The van der Waals surface area contributed by atoms with Gasteiger partial charge in [-0.3, -0.25) is 0 Å². The van der Waals surface area contributed by atoms with Crippen LogP contribution < -0.4 is 5.32 Å².